The van der Waals surface area contributed by atoms with Gasteiger partial charge in [0.25, 0.3) is 0 Å². The summed E-state index contributed by atoms with van der Waals surface area (Å²) in [5, 5.41) is 5.46. The van der Waals surface area contributed by atoms with Crippen molar-refractivity contribution < 1.29 is 4.74 Å². The number of thiophene rings is 1. The van der Waals surface area contributed by atoms with Crippen LogP contribution < -0.4 is 15.8 Å². The smallest absolute Gasteiger partial charge is 0.322 e. The largest absolute Gasteiger partial charge is 0.467 e. The molecule has 19 heavy (non-hydrogen) atoms. The molecule has 0 bridgehead atoms. The Morgan fingerprint density at radius 3 is 3.16 bits per heavy atom. The Balaban J connectivity index is 1.85. The Labute approximate surface area is 115 Å². The summed E-state index contributed by atoms with van der Waals surface area (Å²) in [6.45, 7) is 0. The molecule has 2 heterocycles. The molecule has 0 radical (unpaired) electrons. The third kappa shape index (κ3) is 2.46. The molecule has 6 nitrogen and oxygen atoms in total. The first-order valence-electron chi connectivity index (χ1n) is 6.14. The van der Waals surface area contributed by atoms with Gasteiger partial charge in [-0.3, -0.25) is 0 Å². The summed E-state index contributed by atoms with van der Waals surface area (Å²) in [6, 6.07) is 2.64. The summed E-state index contributed by atoms with van der Waals surface area (Å²) in [6.07, 6.45) is 3.40. The fourth-order valence-electron chi connectivity index (χ4n) is 2.32. The number of nitrogens with one attached hydrogen (secondary N) is 1. The first-order chi connectivity index (χ1) is 9.26. The minimum absolute atomic E-state index is 0.163. The van der Waals surface area contributed by atoms with Crippen molar-refractivity contribution >= 4 is 23.2 Å². The van der Waals surface area contributed by atoms with Crippen LogP contribution in [0.1, 0.15) is 29.3 Å². The lowest BCUT2D eigenvalue weighted by molar-refractivity contribution is 0.379. The zero-order valence-electron chi connectivity index (χ0n) is 10.6. The molecular weight excluding hydrogens is 262 g/mol. The number of anilines is 2. The third-order valence-electron chi connectivity index (χ3n) is 3.17. The van der Waals surface area contributed by atoms with Gasteiger partial charge in [-0.15, -0.1) is 11.3 Å². The molecule has 2 aromatic rings. The number of ether oxygens (including phenoxy) is 1. The van der Waals surface area contributed by atoms with Crippen molar-refractivity contribution in [1.29, 1.82) is 0 Å². The van der Waals surface area contributed by atoms with Gasteiger partial charge in [0.2, 0.25) is 11.9 Å². The second-order valence-electron chi connectivity index (χ2n) is 4.39. The number of nitrogens with two attached hydrogens (primary N) is 1. The van der Waals surface area contributed by atoms with Gasteiger partial charge < -0.3 is 15.8 Å². The summed E-state index contributed by atoms with van der Waals surface area (Å²) in [7, 11) is 1.51. The summed E-state index contributed by atoms with van der Waals surface area (Å²) in [4.78, 5) is 13.6. The third-order valence-corrected chi connectivity index (χ3v) is 4.17. The average Bonchev–Trinajstić information content (AvgIpc) is 2.87. The maximum Gasteiger partial charge on any atom is 0.322 e. The molecular formula is C12H15N5OS. The number of methoxy groups -OCH3 is 1. The van der Waals surface area contributed by atoms with E-state index in [0.717, 1.165) is 12.8 Å². The predicted molar refractivity (Wildman–Crippen MR) is 74.4 cm³/mol. The van der Waals surface area contributed by atoms with Gasteiger partial charge in [-0.2, -0.15) is 15.0 Å². The molecule has 100 valence electrons. The number of hydrogen-bond acceptors (Lipinski definition) is 7. The molecule has 0 saturated heterocycles. The van der Waals surface area contributed by atoms with Crippen LogP contribution in [0.5, 0.6) is 6.01 Å². The zero-order chi connectivity index (χ0) is 13.2. The van der Waals surface area contributed by atoms with Crippen LogP contribution in [0.3, 0.4) is 0 Å². The SMILES string of the molecule is COc1nc(N)nc(NC2CCCc3sccc32)n1. The van der Waals surface area contributed by atoms with Crippen LogP contribution in [-0.4, -0.2) is 22.1 Å². The van der Waals surface area contributed by atoms with E-state index in [9.17, 15) is 0 Å². The molecule has 0 spiro atoms. The molecule has 0 saturated carbocycles. The first kappa shape index (κ1) is 12.2. The van der Waals surface area contributed by atoms with Crippen molar-refractivity contribution in [2.75, 3.05) is 18.2 Å². The number of fused-ring (bicyclic) bond motifs is 1. The van der Waals surface area contributed by atoms with Gasteiger partial charge in [0.1, 0.15) is 0 Å². The Morgan fingerprint density at radius 1 is 1.42 bits per heavy atom. The molecule has 1 atom stereocenters. The van der Waals surface area contributed by atoms with Gasteiger partial charge in [0.05, 0.1) is 13.2 Å². The topological polar surface area (TPSA) is 86.0 Å². The lowest BCUT2D eigenvalue weighted by atomic mass is 9.94. The van der Waals surface area contributed by atoms with E-state index in [4.69, 9.17) is 10.5 Å². The number of nitrogen functional groups attached to an aromatic ring is 1. The van der Waals surface area contributed by atoms with Crippen LogP contribution in [0.25, 0.3) is 0 Å². The normalized spacial score (nSPS) is 17.8. The quantitative estimate of drug-likeness (QED) is 0.892. The number of nitrogens with zero attached hydrogens (tertiary/aromatic N) is 3. The number of rotatable bonds is 3. The van der Waals surface area contributed by atoms with Crippen molar-refractivity contribution in [3.05, 3.63) is 21.9 Å². The standard InChI is InChI=1S/C12H15N5OS/c1-18-12-16-10(13)15-11(17-12)14-8-3-2-4-9-7(8)5-6-19-9/h5-6,8H,2-4H2,1H3,(H3,13,14,15,16,17). The van der Waals surface area contributed by atoms with E-state index >= 15 is 0 Å². The Morgan fingerprint density at radius 2 is 2.32 bits per heavy atom. The molecule has 3 rings (SSSR count). The molecule has 7 heteroatoms. The highest BCUT2D eigenvalue weighted by Gasteiger charge is 2.22. The van der Waals surface area contributed by atoms with Crippen LogP contribution in [0.15, 0.2) is 11.4 Å². The highest BCUT2D eigenvalue weighted by atomic mass is 32.1. The Kier molecular flexibility index (Phi) is 3.20. The number of hydrogen-bond donors (Lipinski definition) is 2. The molecule has 0 fully saturated rings. The van der Waals surface area contributed by atoms with Crippen molar-refractivity contribution in [3.8, 4) is 6.01 Å². The average molecular weight is 277 g/mol. The highest BCUT2D eigenvalue weighted by Crippen LogP contribution is 2.35. The van der Waals surface area contributed by atoms with Gasteiger partial charge in [-0.05, 0) is 36.3 Å². The molecule has 0 aliphatic heterocycles. The molecule has 3 N–H and O–H groups in total. The van der Waals surface area contributed by atoms with Crippen LogP contribution >= 0.6 is 11.3 Å². The lowest BCUT2D eigenvalue weighted by Crippen LogP contribution is -2.18. The lowest BCUT2D eigenvalue weighted by Gasteiger charge is -2.23. The first-order valence-corrected chi connectivity index (χ1v) is 7.02. The molecule has 1 unspecified atom stereocenters. The van der Waals surface area contributed by atoms with Crippen LogP contribution in [0.2, 0.25) is 0 Å². The zero-order valence-corrected chi connectivity index (χ0v) is 11.4. The van der Waals surface area contributed by atoms with Crippen LogP contribution in [0, 0.1) is 0 Å². The fraction of sp³-hybridized carbons (Fsp3) is 0.417. The highest BCUT2D eigenvalue weighted by molar-refractivity contribution is 7.10. The summed E-state index contributed by atoms with van der Waals surface area (Å²) in [5.41, 5.74) is 6.98. The van der Waals surface area contributed by atoms with Gasteiger partial charge in [-0.25, -0.2) is 0 Å². The van der Waals surface area contributed by atoms with Crippen molar-refractivity contribution in [1.82, 2.24) is 15.0 Å². The summed E-state index contributed by atoms with van der Waals surface area (Å²) < 4.78 is 5.00. The number of aromatic nitrogens is 3. The Bertz CT molecular complexity index is 585. The summed E-state index contributed by atoms with van der Waals surface area (Å²) >= 11 is 1.81. The van der Waals surface area contributed by atoms with E-state index in [1.807, 2.05) is 11.3 Å². The second-order valence-corrected chi connectivity index (χ2v) is 5.39. The second kappa shape index (κ2) is 5.00. The van der Waals surface area contributed by atoms with E-state index in [1.54, 1.807) is 0 Å². The van der Waals surface area contributed by atoms with Gasteiger partial charge in [0.15, 0.2) is 0 Å². The van der Waals surface area contributed by atoms with E-state index in [2.05, 4.69) is 31.7 Å². The van der Waals surface area contributed by atoms with Crippen molar-refractivity contribution in [3.63, 3.8) is 0 Å². The molecule has 0 aromatic carbocycles. The minimum Gasteiger partial charge on any atom is -0.467 e. The molecule has 1 aliphatic rings. The van der Waals surface area contributed by atoms with E-state index in [-0.39, 0.29) is 18.0 Å². The fourth-order valence-corrected chi connectivity index (χ4v) is 3.31. The predicted octanol–water partition coefficient (Wildman–Crippen LogP) is 2.01. The Hall–Kier alpha value is -1.89. The van der Waals surface area contributed by atoms with Gasteiger partial charge in [0, 0.05) is 4.88 Å². The van der Waals surface area contributed by atoms with Gasteiger partial charge >= 0.3 is 6.01 Å². The maximum absolute atomic E-state index is 5.63. The van der Waals surface area contributed by atoms with Crippen molar-refractivity contribution in [2.45, 2.75) is 25.3 Å². The molecule has 2 aromatic heterocycles. The maximum atomic E-state index is 5.63. The van der Waals surface area contributed by atoms with Gasteiger partial charge in [-0.1, -0.05) is 0 Å². The monoisotopic (exact) mass is 277 g/mol. The molecule has 0 amide bonds. The van der Waals surface area contributed by atoms with Crippen LogP contribution in [-0.2, 0) is 6.42 Å². The van der Waals surface area contributed by atoms with E-state index in [1.165, 1.54) is 24.0 Å². The summed E-state index contributed by atoms with van der Waals surface area (Å²) in [5.74, 6) is 0.629. The van der Waals surface area contributed by atoms with E-state index in [0.29, 0.717) is 5.95 Å². The number of aryl methyl sites for hydroxylation is 1. The van der Waals surface area contributed by atoms with Crippen LogP contribution in [0.4, 0.5) is 11.9 Å². The van der Waals surface area contributed by atoms with Crippen molar-refractivity contribution in [2.24, 2.45) is 0 Å². The minimum atomic E-state index is 0.163. The van der Waals surface area contributed by atoms with E-state index < -0.39 is 0 Å². The molecule has 1 aliphatic carbocycles.